The van der Waals surface area contributed by atoms with Crippen molar-refractivity contribution < 1.29 is 4.74 Å². The molecule has 1 atom stereocenters. The van der Waals surface area contributed by atoms with Crippen molar-refractivity contribution in [3.8, 4) is 11.5 Å². The number of hydrogen-bond acceptors (Lipinski definition) is 2. The average molecular weight is 306 g/mol. The Morgan fingerprint density at radius 1 is 0.889 bits per heavy atom. The monoisotopic (exact) mass is 305 g/mol. The van der Waals surface area contributed by atoms with Crippen molar-refractivity contribution in [3.05, 3.63) is 60.2 Å². The molecule has 0 bridgehead atoms. The van der Waals surface area contributed by atoms with Gasteiger partial charge in [0, 0.05) is 0 Å². The fourth-order valence-corrected chi connectivity index (χ4v) is 1.92. The predicted molar refractivity (Wildman–Crippen MR) is 78.3 cm³/mol. The number of nitrogens with zero attached hydrogens (tertiary/aromatic N) is 1. The van der Waals surface area contributed by atoms with Crippen molar-refractivity contribution in [2.45, 2.75) is 4.95 Å². The summed E-state index contributed by atoms with van der Waals surface area (Å²) in [6, 6.07) is 17.9. The fraction of sp³-hybridized carbons (Fsp3) is 0.200. The Balaban J connectivity index is 2.09. The zero-order valence-corrected chi connectivity index (χ0v) is 12.1. The summed E-state index contributed by atoms with van der Waals surface area (Å²) in [5, 5.41) is 0. The number of halogens is 1. The minimum atomic E-state index is 0.225. The van der Waals surface area contributed by atoms with Crippen LogP contribution >= 0.6 is 15.9 Å². The van der Waals surface area contributed by atoms with Gasteiger partial charge in [-0.05, 0) is 43.9 Å². The molecule has 0 saturated carbocycles. The molecule has 2 rings (SSSR count). The fourth-order valence-electron chi connectivity index (χ4n) is 1.62. The second-order valence-electron chi connectivity index (χ2n) is 4.28. The van der Waals surface area contributed by atoms with Gasteiger partial charge in [-0.3, -0.25) is 4.90 Å². The lowest BCUT2D eigenvalue weighted by atomic mass is 10.2. The highest BCUT2D eigenvalue weighted by molar-refractivity contribution is 9.09. The topological polar surface area (TPSA) is 12.5 Å². The number of para-hydroxylation sites is 1. The highest BCUT2D eigenvalue weighted by Crippen LogP contribution is 2.27. The molecule has 0 fully saturated rings. The highest BCUT2D eigenvalue weighted by Gasteiger charge is 2.09. The Bertz CT molecular complexity index is 482. The molecule has 1 unspecified atom stereocenters. The predicted octanol–water partition coefficient (Wildman–Crippen LogP) is 4.43. The Morgan fingerprint density at radius 3 is 2.00 bits per heavy atom. The summed E-state index contributed by atoms with van der Waals surface area (Å²) in [7, 11) is 4.07. The van der Waals surface area contributed by atoms with E-state index in [4.69, 9.17) is 4.74 Å². The van der Waals surface area contributed by atoms with E-state index < -0.39 is 0 Å². The number of rotatable bonds is 4. The van der Waals surface area contributed by atoms with Crippen molar-refractivity contribution in [1.82, 2.24) is 4.90 Å². The number of benzene rings is 2. The molecular formula is C15H16BrNO. The van der Waals surface area contributed by atoms with Crippen LogP contribution in [0, 0.1) is 0 Å². The lowest BCUT2D eigenvalue weighted by Gasteiger charge is -2.18. The van der Waals surface area contributed by atoms with Gasteiger partial charge in [-0.2, -0.15) is 0 Å². The van der Waals surface area contributed by atoms with Crippen LogP contribution in [0.1, 0.15) is 10.5 Å². The Hall–Kier alpha value is -1.32. The molecule has 2 nitrogen and oxygen atoms in total. The summed E-state index contributed by atoms with van der Waals surface area (Å²) in [6.07, 6.45) is 0. The SMILES string of the molecule is CN(C)C(Br)c1ccc(Oc2ccccc2)cc1. The van der Waals surface area contributed by atoms with Crippen LogP contribution in [0.25, 0.3) is 0 Å². The van der Waals surface area contributed by atoms with Crippen molar-refractivity contribution in [2.75, 3.05) is 14.1 Å². The second-order valence-corrected chi connectivity index (χ2v) is 5.15. The quantitative estimate of drug-likeness (QED) is 0.612. The molecule has 2 aromatic carbocycles. The molecule has 0 spiro atoms. The van der Waals surface area contributed by atoms with Gasteiger partial charge < -0.3 is 4.74 Å². The Labute approximate surface area is 116 Å². The van der Waals surface area contributed by atoms with Gasteiger partial charge in [0.1, 0.15) is 11.5 Å². The highest BCUT2D eigenvalue weighted by atomic mass is 79.9. The molecule has 2 aromatic rings. The first kappa shape index (κ1) is 13.1. The van der Waals surface area contributed by atoms with Crippen LogP contribution in [-0.4, -0.2) is 19.0 Å². The molecule has 0 aliphatic carbocycles. The van der Waals surface area contributed by atoms with Crippen LogP contribution in [0.4, 0.5) is 0 Å². The van der Waals surface area contributed by atoms with Crippen LogP contribution in [-0.2, 0) is 0 Å². The maximum atomic E-state index is 5.74. The van der Waals surface area contributed by atoms with Crippen LogP contribution in [0.15, 0.2) is 54.6 Å². The molecule has 94 valence electrons. The van der Waals surface area contributed by atoms with Crippen LogP contribution in [0.5, 0.6) is 11.5 Å². The van der Waals surface area contributed by atoms with E-state index in [9.17, 15) is 0 Å². The summed E-state index contributed by atoms with van der Waals surface area (Å²) in [6.45, 7) is 0. The van der Waals surface area contributed by atoms with E-state index in [2.05, 4.69) is 33.0 Å². The van der Waals surface area contributed by atoms with Gasteiger partial charge in [0.05, 0.1) is 4.95 Å². The van der Waals surface area contributed by atoms with E-state index in [1.54, 1.807) is 0 Å². The third-order valence-electron chi connectivity index (χ3n) is 2.59. The zero-order chi connectivity index (χ0) is 13.0. The zero-order valence-electron chi connectivity index (χ0n) is 10.5. The standard InChI is InChI=1S/C15H16BrNO/c1-17(2)15(16)12-8-10-14(11-9-12)18-13-6-4-3-5-7-13/h3-11,15H,1-2H3. The van der Waals surface area contributed by atoms with Crippen molar-refractivity contribution in [3.63, 3.8) is 0 Å². The van der Waals surface area contributed by atoms with Crippen molar-refractivity contribution in [2.24, 2.45) is 0 Å². The van der Waals surface area contributed by atoms with Gasteiger partial charge in [0.2, 0.25) is 0 Å². The normalized spacial score (nSPS) is 12.4. The molecular weight excluding hydrogens is 290 g/mol. The first-order valence-electron chi connectivity index (χ1n) is 5.80. The average Bonchev–Trinajstić information content (AvgIpc) is 2.40. The lowest BCUT2D eigenvalue weighted by Crippen LogP contribution is -2.13. The molecule has 0 aromatic heterocycles. The van der Waals surface area contributed by atoms with Crippen LogP contribution < -0.4 is 4.74 Å². The van der Waals surface area contributed by atoms with Gasteiger partial charge in [-0.1, -0.05) is 46.3 Å². The Morgan fingerprint density at radius 2 is 1.44 bits per heavy atom. The number of alkyl halides is 1. The van der Waals surface area contributed by atoms with E-state index in [-0.39, 0.29) is 4.95 Å². The molecule has 0 aliphatic heterocycles. The van der Waals surface area contributed by atoms with Crippen molar-refractivity contribution in [1.29, 1.82) is 0 Å². The van der Waals surface area contributed by atoms with Crippen LogP contribution in [0.2, 0.25) is 0 Å². The summed E-state index contributed by atoms with van der Waals surface area (Å²) in [5.41, 5.74) is 1.21. The van der Waals surface area contributed by atoms with E-state index in [1.807, 2.05) is 56.6 Å². The number of ether oxygens (including phenoxy) is 1. The van der Waals surface area contributed by atoms with E-state index >= 15 is 0 Å². The second kappa shape index (κ2) is 6.03. The molecule has 0 aliphatic rings. The van der Waals surface area contributed by atoms with Gasteiger partial charge in [0.25, 0.3) is 0 Å². The number of hydrogen-bond donors (Lipinski definition) is 0. The molecule has 3 heteroatoms. The van der Waals surface area contributed by atoms with E-state index in [0.29, 0.717) is 0 Å². The van der Waals surface area contributed by atoms with Gasteiger partial charge in [-0.25, -0.2) is 0 Å². The molecule has 0 N–H and O–H groups in total. The van der Waals surface area contributed by atoms with E-state index in [0.717, 1.165) is 11.5 Å². The first-order valence-corrected chi connectivity index (χ1v) is 6.72. The maximum Gasteiger partial charge on any atom is 0.127 e. The van der Waals surface area contributed by atoms with Gasteiger partial charge >= 0.3 is 0 Å². The molecule has 0 saturated heterocycles. The Kier molecular flexibility index (Phi) is 4.39. The third-order valence-corrected chi connectivity index (χ3v) is 3.94. The van der Waals surface area contributed by atoms with Crippen molar-refractivity contribution >= 4 is 15.9 Å². The third kappa shape index (κ3) is 3.34. The van der Waals surface area contributed by atoms with Crippen LogP contribution in [0.3, 0.4) is 0 Å². The summed E-state index contributed by atoms with van der Waals surface area (Å²) in [5.74, 6) is 1.71. The smallest absolute Gasteiger partial charge is 0.127 e. The molecule has 0 amide bonds. The summed E-state index contributed by atoms with van der Waals surface area (Å²) >= 11 is 3.63. The summed E-state index contributed by atoms with van der Waals surface area (Å²) < 4.78 is 5.74. The minimum Gasteiger partial charge on any atom is -0.457 e. The largest absolute Gasteiger partial charge is 0.457 e. The minimum absolute atomic E-state index is 0.225. The molecule has 18 heavy (non-hydrogen) atoms. The molecule has 0 heterocycles. The van der Waals surface area contributed by atoms with Gasteiger partial charge in [0.15, 0.2) is 0 Å². The first-order chi connectivity index (χ1) is 8.66. The summed E-state index contributed by atoms with van der Waals surface area (Å²) in [4.78, 5) is 2.33. The molecule has 0 radical (unpaired) electrons. The maximum absolute atomic E-state index is 5.74. The lowest BCUT2D eigenvalue weighted by molar-refractivity contribution is 0.397. The van der Waals surface area contributed by atoms with Gasteiger partial charge in [-0.15, -0.1) is 0 Å². The van der Waals surface area contributed by atoms with E-state index in [1.165, 1.54) is 5.56 Å².